The number of carbonyl (C=O) groups excluding carboxylic acids is 2. The van der Waals surface area contributed by atoms with E-state index in [4.69, 9.17) is 5.73 Å². The summed E-state index contributed by atoms with van der Waals surface area (Å²) in [6.45, 7) is 0.996. The van der Waals surface area contributed by atoms with Gasteiger partial charge in [-0.3, -0.25) is 9.59 Å². The molecule has 1 atom stereocenters. The molecular weight excluding hydrogens is 301 g/mol. The molecule has 1 aromatic rings. The van der Waals surface area contributed by atoms with E-state index in [1.807, 2.05) is 0 Å². The Balaban J connectivity index is 3.18. The molecule has 0 saturated carbocycles. The summed E-state index contributed by atoms with van der Waals surface area (Å²) in [6, 6.07) is 2.69. The average molecular weight is 318 g/mol. The molecule has 0 aliphatic heterocycles. The second kappa shape index (κ2) is 7.26. The second-order valence-electron chi connectivity index (χ2n) is 4.68. The number of nitrogens with one attached hydrogen (secondary N) is 1. The van der Waals surface area contributed by atoms with Crippen molar-refractivity contribution in [3.63, 3.8) is 0 Å². The first-order valence-corrected chi connectivity index (χ1v) is 6.43. The largest absolute Gasteiger partial charge is 0.469 e. The molecule has 0 bridgehead atoms. The van der Waals surface area contributed by atoms with Crippen LogP contribution >= 0.6 is 0 Å². The van der Waals surface area contributed by atoms with Crippen molar-refractivity contribution in [3.8, 4) is 0 Å². The lowest BCUT2D eigenvalue weighted by Crippen LogP contribution is -2.35. The summed E-state index contributed by atoms with van der Waals surface area (Å²) < 4.78 is 43.3. The number of esters is 1. The monoisotopic (exact) mass is 318 g/mol. The number of rotatable bonds is 5. The maximum Gasteiger partial charge on any atom is 0.416 e. The third-order valence-electron chi connectivity index (χ3n) is 3.09. The fourth-order valence-corrected chi connectivity index (χ4v) is 1.92. The second-order valence-corrected chi connectivity index (χ2v) is 4.68. The lowest BCUT2D eigenvalue weighted by atomic mass is 9.98. The summed E-state index contributed by atoms with van der Waals surface area (Å²) in [5.41, 5.74) is 4.57. The molecule has 0 spiro atoms. The van der Waals surface area contributed by atoms with Gasteiger partial charge in [0.1, 0.15) is 0 Å². The number of hydrogen-bond donors (Lipinski definition) is 2. The number of hydrogen-bond acceptors (Lipinski definition) is 4. The highest BCUT2D eigenvalue weighted by atomic mass is 19.4. The first kappa shape index (κ1) is 18.0. The van der Waals surface area contributed by atoms with Gasteiger partial charge in [0.2, 0.25) is 5.91 Å². The molecule has 1 amide bonds. The Morgan fingerprint density at radius 2 is 2.00 bits per heavy atom. The van der Waals surface area contributed by atoms with Crippen LogP contribution in [0.3, 0.4) is 0 Å². The van der Waals surface area contributed by atoms with Crippen molar-refractivity contribution in [3.05, 3.63) is 34.9 Å². The number of benzene rings is 1. The summed E-state index contributed by atoms with van der Waals surface area (Å²) in [6.07, 6.45) is -4.81. The fraction of sp³-hybridized carbons (Fsp3) is 0.429. The molecule has 1 aromatic carbocycles. The molecular formula is C14H17F3N2O3. The zero-order valence-electron chi connectivity index (χ0n) is 12.2. The summed E-state index contributed by atoms with van der Waals surface area (Å²) in [7, 11) is 1.15. The van der Waals surface area contributed by atoms with E-state index in [0.717, 1.165) is 13.2 Å². The minimum Gasteiger partial charge on any atom is -0.469 e. The highest BCUT2D eigenvalue weighted by Gasteiger charge is 2.33. The van der Waals surface area contributed by atoms with Crippen LogP contribution in [-0.2, 0) is 20.5 Å². The van der Waals surface area contributed by atoms with Gasteiger partial charge in [0.25, 0.3) is 0 Å². The molecule has 0 aliphatic carbocycles. The van der Waals surface area contributed by atoms with Crippen molar-refractivity contribution < 1.29 is 27.5 Å². The Labute approximate surface area is 125 Å². The number of methoxy groups -OCH3 is 1. The van der Waals surface area contributed by atoms with Crippen molar-refractivity contribution in [2.45, 2.75) is 25.6 Å². The van der Waals surface area contributed by atoms with Gasteiger partial charge in [0.15, 0.2) is 0 Å². The van der Waals surface area contributed by atoms with Crippen LogP contribution in [0.5, 0.6) is 0 Å². The zero-order chi connectivity index (χ0) is 16.9. The third kappa shape index (κ3) is 4.73. The van der Waals surface area contributed by atoms with Gasteiger partial charge in [0.05, 0.1) is 31.7 Å². The summed E-state index contributed by atoms with van der Waals surface area (Å²) in [5.74, 6) is -1.24. The predicted molar refractivity (Wildman–Crippen MR) is 72.8 cm³/mol. The number of amides is 1. The highest BCUT2D eigenvalue weighted by molar-refractivity contribution is 5.79. The molecule has 0 aromatic heterocycles. The normalized spacial score (nSPS) is 12.6. The van der Waals surface area contributed by atoms with E-state index in [-0.39, 0.29) is 24.1 Å². The Morgan fingerprint density at radius 1 is 1.36 bits per heavy atom. The lowest BCUT2D eigenvalue weighted by Gasteiger charge is -2.20. The Bertz CT molecular complexity index is 541. The molecule has 5 nitrogen and oxygen atoms in total. The van der Waals surface area contributed by atoms with Crippen LogP contribution in [0.15, 0.2) is 18.2 Å². The van der Waals surface area contributed by atoms with E-state index in [0.29, 0.717) is 0 Å². The molecule has 0 unspecified atom stereocenters. The fourth-order valence-electron chi connectivity index (χ4n) is 1.92. The molecule has 22 heavy (non-hydrogen) atoms. The van der Waals surface area contributed by atoms with Crippen molar-refractivity contribution >= 4 is 11.9 Å². The van der Waals surface area contributed by atoms with Crippen LogP contribution in [0, 0.1) is 6.92 Å². The van der Waals surface area contributed by atoms with E-state index in [1.54, 1.807) is 0 Å². The van der Waals surface area contributed by atoms with Gasteiger partial charge in [-0.05, 0) is 24.1 Å². The number of aryl methyl sites for hydroxylation is 1. The number of carbonyl (C=O) groups is 2. The minimum atomic E-state index is -4.52. The van der Waals surface area contributed by atoms with Crippen molar-refractivity contribution in [2.24, 2.45) is 5.73 Å². The van der Waals surface area contributed by atoms with Gasteiger partial charge in [-0.25, -0.2) is 0 Å². The topological polar surface area (TPSA) is 81.4 Å². The number of alkyl halides is 3. The van der Waals surface area contributed by atoms with Gasteiger partial charge < -0.3 is 15.8 Å². The first-order valence-electron chi connectivity index (χ1n) is 6.43. The number of nitrogens with two attached hydrogens (primary N) is 1. The van der Waals surface area contributed by atoms with Crippen LogP contribution in [0.4, 0.5) is 13.2 Å². The molecule has 0 heterocycles. The van der Waals surface area contributed by atoms with Gasteiger partial charge in [-0.1, -0.05) is 12.1 Å². The van der Waals surface area contributed by atoms with E-state index >= 15 is 0 Å². The van der Waals surface area contributed by atoms with Gasteiger partial charge >= 0.3 is 12.1 Å². The van der Waals surface area contributed by atoms with Crippen LogP contribution in [0.1, 0.15) is 29.2 Å². The molecule has 0 saturated heterocycles. The summed E-state index contributed by atoms with van der Waals surface area (Å²) >= 11 is 0. The van der Waals surface area contributed by atoms with Crippen molar-refractivity contribution in [1.82, 2.24) is 5.32 Å². The average Bonchev–Trinajstić information content (AvgIpc) is 2.45. The Kier molecular flexibility index (Phi) is 5.92. The van der Waals surface area contributed by atoms with Crippen molar-refractivity contribution in [2.75, 3.05) is 13.7 Å². The van der Waals surface area contributed by atoms with Crippen molar-refractivity contribution in [1.29, 1.82) is 0 Å². The van der Waals surface area contributed by atoms with E-state index in [9.17, 15) is 22.8 Å². The maximum absolute atomic E-state index is 13.0. The Hall–Kier alpha value is -2.09. The van der Waals surface area contributed by atoms with Crippen LogP contribution in [0.2, 0.25) is 0 Å². The summed E-state index contributed by atoms with van der Waals surface area (Å²) in [5, 5.41) is 2.41. The molecule has 0 aliphatic rings. The number of halogens is 3. The third-order valence-corrected chi connectivity index (χ3v) is 3.09. The molecule has 0 radical (unpaired) electrons. The minimum absolute atomic E-state index is 0.0539. The first-order chi connectivity index (χ1) is 10.2. The van der Waals surface area contributed by atoms with Gasteiger partial charge in [-0.15, -0.1) is 0 Å². The van der Waals surface area contributed by atoms with Gasteiger partial charge in [0, 0.05) is 0 Å². The standard InChI is InChI=1S/C14H17F3N2O3/c1-8-3-4-9(5-10(8)14(15,16)17)11(6-13(21)22-2)19-12(20)7-18/h3-5,11H,6-7,18H2,1-2H3,(H,19,20)/t11-/m0/s1. The number of ether oxygens (including phenoxy) is 1. The van der Waals surface area contributed by atoms with E-state index in [2.05, 4.69) is 10.1 Å². The Morgan fingerprint density at radius 3 is 2.50 bits per heavy atom. The maximum atomic E-state index is 13.0. The van der Waals surface area contributed by atoms with Crippen LogP contribution in [0.25, 0.3) is 0 Å². The zero-order valence-corrected chi connectivity index (χ0v) is 12.2. The smallest absolute Gasteiger partial charge is 0.416 e. The lowest BCUT2D eigenvalue weighted by molar-refractivity contribution is -0.141. The molecule has 1 rings (SSSR count). The van der Waals surface area contributed by atoms with Crippen LogP contribution in [-0.4, -0.2) is 25.5 Å². The molecule has 122 valence electrons. The van der Waals surface area contributed by atoms with E-state index < -0.39 is 29.7 Å². The quantitative estimate of drug-likeness (QED) is 0.810. The van der Waals surface area contributed by atoms with Crippen LogP contribution < -0.4 is 11.1 Å². The summed E-state index contributed by atoms with van der Waals surface area (Å²) in [4.78, 5) is 22.8. The molecule has 3 N–H and O–H groups in total. The highest BCUT2D eigenvalue weighted by Crippen LogP contribution is 2.34. The molecule has 8 heteroatoms. The predicted octanol–water partition coefficient (Wildman–Crippen LogP) is 1.69. The molecule has 0 fully saturated rings. The SMILES string of the molecule is COC(=O)C[C@H](NC(=O)CN)c1ccc(C)c(C(F)(F)F)c1. The van der Waals surface area contributed by atoms with E-state index in [1.165, 1.54) is 19.1 Å². The van der Waals surface area contributed by atoms with Gasteiger partial charge in [-0.2, -0.15) is 13.2 Å².